The Bertz CT molecular complexity index is 591. The largest absolute Gasteiger partial charge is 0.498 e. The van der Waals surface area contributed by atoms with Crippen molar-refractivity contribution in [2.24, 2.45) is 0 Å². The highest BCUT2D eigenvalue weighted by Crippen LogP contribution is 2.37. The fraction of sp³-hybridized carbons (Fsp3) is 0.562. The van der Waals surface area contributed by atoms with Crippen molar-refractivity contribution in [2.75, 3.05) is 0 Å². The van der Waals surface area contributed by atoms with E-state index in [9.17, 15) is 4.79 Å². The SMILES string of the molecule is CC1(C)OB(c2ccc(C(=O)O)cc2OC2CC2)OC1(C)C. The molecule has 1 heterocycles. The number of rotatable bonds is 4. The van der Waals surface area contributed by atoms with Crippen LogP contribution in [0.25, 0.3) is 0 Å². The molecule has 22 heavy (non-hydrogen) atoms. The smallest absolute Gasteiger partial charge is 0.491 e. The third-order valence-corrected chi connectivity index (χ3v) is 4.59. The number of benzene rings is 1. The molecular weight excluding hydrogens is 283 g/mol. The van der Waals surface area contributed by atoms with E-state index in [-0.39, 0.29) is 11.7 Å². The standard InChI is InChI=1S/C16H21BO5/c1-15(2)16(3,4)22-17(21-15)12-8-5-10(14(18)19)9-13(12)20-11-6-7-11/h5,8-9,11H,6-7H2,1-4H3,(H,18,19). The molecule has 1 aromatic carbocycles. The van der Waals surface area contributed by atoms with Gasteiger partial charge in [-0.25, -0.2) is 4.79 Å². The number of carboxylic acids is 1. The van der Waals surface area contributed by atoms with E-state index >= 15 is 0 Å². The van der Waals surface area contributed by atoms with Gasteiger partial charge in [-0.05, 0) is 52.7 Å². The van der Waals surface area contributed by atoms with Crippen LogP contribution in [0.2, 0.25) is 0 Å². The maximum Gasteiger partial charge on any atom is 0.498 e. The van der Waals surface area contributed by atoms with E-state index in [2.05, 4.69) is 0 Å². The minimum absolute atomic E-state index is 0.171. The molecule has 0 aromatic heterocycles. The minimum atomic E-state index is -0.971. The molecule has 118 valence electrons. The molecule has 0 amide bonds. The molecule has 3 rings (SSSR count). The molecule has 5 nitrogen and oxygen atoms in total. The van der Waals surface area contributed by atoms with Gasteiger partial charge in [0.2, 0.25) is 0 Å². The van der Waals surface area contributed by atoms with Crippen molar-refractivity contribution in [1.82, 2.24) is 0 Å². The van der Waals surface area contributed by atoms with Crippen molar-refractivity contribution in [3.63, 3.8) is 0 Å². The molecule has 1 N–H and O–H groups in total. The average Bonchev–Trinajstić information content (AvgIpc) is 3.17. The van der Waals surface area contributed by atoms with Crippen molar-refractivity contribution < 1.29 is 23.9 Å². The summed E-state index contributed by atoms with van der Waals surface area (Å²) < 4.78 is 18.0. The molecule has 1 aliphatic carbocycles. The predicted molar refractivity (Wildman–Crippen MR) is 82.8 cm³/mol. The topological polar surface area (TPSA) is 65.0 Å². The third kappa shape index (κ3) is 2.73. The first kappa shape index (κ1) is 15.4. The monoisotopic (exact) mass is 304 g/mol. The van der Waals surface area contributed by atoms with Crippen molar-refractivity contribution in [3.8, 4) is 5.75 Å². The summed E-state index contributed by atoms with van der Waals surface area (Å²) in [6.07, 6.45) is 2.17. The Hall–Kier alpha value is -1.53. The molecule has 0 radical (unpaired) electrons. The van der Waals surface area contributed by atoms with Gasteiger partial charge in [-0.1, -0.05) is 6.07 Å². The number of ether oxygens (including phenoxy) is 1. The Morgan fingerprint density at radius 1 is 1.23 bits per heavy atom. The Balaban J connectivity index is 1.94. The summed E-state index contributed by atoms with van der Waals surface area (Å²) in [5, 5.41) is 9.16. The Kier molecular flexibility index (Phi) is 3.49. The zero-order valence-electron chi connectivity index (χ0n) is 13.4. The molecule has 1 aromatic rings. The molecule has 2 fully saturated rings. The maximum absolute atomic E-state index is 11.2. The molecule has 0 atom stereocenters. The first-order valence-corrected chi connectivity index (χ1v) is 7.59. The Labute approximate surface area is 130 Å². The van der Waals surface area contributed by atoms with Gasteiger partial charge in [0, 0.05) is 5.46 Å². The number of hydrogen-bond acceptors (Lipinski definition) is 4. The second kappa shape index (κ2) is 5.00. The van der Waals surface area contributed by atoms with E-state index in [1.165, 1.54) is 0 Å². The normalized spacial score (nSPS) is 22.6. The number of hydrogen-bond donors (Lipinski definition) is 1. The molecular formula is C16H21BO5. The molecule has 0 bridgehead atoms. The van der Waals surface area contributed by atoms with Gasteiger partial charge in [0.15, 0.2) is 0 Å². The summed E-state index contributed by atoms with van der Waals surface area (Å²) in [4.78, 5) is 11.2. The van der Waals surface area contributed by atoms with Crippen LogP contribution in [-0.2, 0) is 9.31 Å². The van der Waals surface area contributed by atoms with E-state index in [0.717, 1.165) is 18.3 Å². The fourth-order valence-electron chi connectivity index (χ4n) is 2.30. The van der Waals surface area contributed by atoms with Crippen LogP contribution in [0.4, 0.5) is 0 Å². The number of carboxylic acid groups (broad SMARTS) is 1. The molecule has 1 saturated heterocycles. The second-order valence-electron chi connectivity index (χ2n) is 6.96. The van der Waals surface area contributed by atoms with Crippen LogP contribution in [0.3, 0.4) is 0 Å². The third-order valence-electron chi connectivity index (χ3n) is 4.59. The summed E-state index contributed by atoms with van der Waals surface area (Å²) in [5.41, 5.74) is 0.0615. The van der Waals surface area contributed by atoms with Crippen molar-refractivity contribution >= 4 is 18.6 Å². The lowest BCUT2D eigenvalue weighted by atomic mass is 9.78. The van der Waals surface area contributed by atoms with E-state index in [4.69, 9.17) is 19.2 Å². The average molecular weight is 304 g/mol. The molecule has 1 saturated carbocycles. The number of aromatic carboxylic acids is 1. The first-order chi connectivity index (χ1) is 10.2. The highest BCUT2D eigenvalue weighted by atomic mass is 16.7. The zero-order valence-corrected chi connectivity index (χ0v) is 13.4. The molecule has 0 spiro atoms. The molecule has 0 unspecified atom stereocenters. The van der Waals surface area contributed by atoms with Crippen LogP contribution >= 0.6 is 0 Å². The highest BCUT2D eigenvalue weighted by molar-refractivity contribution is 6.63. The highest BCUT2D eigenvalue weighted by Gasteiger charge is 2.52. The van der Waals surface area contributed by atoms with Gasteiger partial charge in [-0.15, -0.1) is 0 Å². The summed E-state index contributed by atoms with van der Waals surface area (Å²) >= 11 is 0. The van der Waals surface area contributed by atoms with Crippen LogP contribution in [0.1, 0.15) is 50.9 Å². The summed E-state index contributed by atoms with van der Waals surface area (Å²) in [5.74, 6) is -0.429. The molecule has 1 aliphatic heterocycles. The minimum Gasteiger partial charge on any atom is -0.491 e. The second-order valence-corrected chi connectivity index (χ2v) is 6.96. The molecule has 2 aliphatic rings. The predicted octanol–water partition coefficient (Wildman–Crippen LogP) is 2.23. The first-order valence-electron chi connectivity index (χ1n) is 7.59. The van der Waals surface area contributed by atoms with E-state index in [1.807, 2.05) is 27.7 Å². The van der Waals surface area contributed by atoms with Gasteiger partial charge in [-0.2, -0.15) is 0 Å². The quantitative estimate of drug-likeness (QED) is 0.864. The fourth-order valence-corrected chi connectivity index (χ4v) is 2.30. The van der Waals surface area contributed by atoms with E-state index < -0.39 is 24.3 Å². The Morgan fingerprint density at radius 3 is 2.32 bits per heavy atom. The van der Waals surface area contributed by atoms with Gasteiger partial charge < -0.3 is 19.2 Å². The summed E-state index contributed by atoms with van der Waals surface area (Å²) in [6, 6.07) is 4.84. The van der Waals surface area contributed by atoms with E-state index in [0.29, 0.717) is 5.75 Å². The van der Waals surface area contributed by atoms with Crippen LogP contribution in [0, 0.1) is 0 Å². The van der Waals surface area contributed by atoms with Gasteiger partial charge in [0.1, 0.15) is 5.75 Å². The number of carbonyl (C=O) groups is 1. The van der Waals surface area contributed by atoms with Gasteiger partial charge >= 0.3 is 13.1 Å². The van der Waals surface area contributed by atoms with Gasteiger partial charge in [0.25, 0.3) is 0 Å². The van der Waals surface area contributed by atoms with Gasteiger partial charge in [-0.3, -0.25) is 0 Å². The van der Waals surface area contributed by atoms with Crippen molar-refractivity contribution in [3.05, 3.63) is 23.8 Å². The van der Waals surface area contributed by atoms with Crippen LogP contribution in [0.15, 0.2) is 18.2 Å². The molecule has 6 heteroatoms. The summed E-state index contributed by atoms with van der Waals surface area (Å²) in [7, 11) is -0.554. The van der Waals surface area contributed by atoms with Gasteiger partial charge in [0.05, 0.1) is 22.9 Å². The lowest BCUT2D eigenvalue weighted by Crippen LogP contribution is -2.41. The lowest BCUT2D eigenvalue weighted by molar-refractivity contribution is 0.00578. The van der Waals surface area contributed by atoms with Crippen LogP contribution < -0.4 is 10.2 Å². The summed E-state index contributed by atoms with van der Waals surface area (Å²) in [6.45, 7) is 7.94. The van der Waals surface area contributed by atoms with Crippen molar-refractivity contribution in [1.29, 1.82) is 0 Å². The van der Waals surface area contributed by atoms with Crippen LogP contribution in [0.5, 0.6) is 5.75 Å². The maximum atomic E-state index is 11.2. The van der Waals surface area contributed by atoms with Crippen molar-refractivity contribution in [2.45, 2.75) is 57.8 Å². The Morgan fingerprint density at radius 2 is 1.82 bits per heavy atom. The van der Waals surface area contributed by atoms with Crippen LogP contribution in [-0.4, -0.2) is 35.5 Å². The van der Waals surface area contributed by atoms with E-state index in [1.54, 1.807) is 18.2 Å². The lowest BCUT2D eigenvalue weighted by Gasteiger charge is -2.32. The zero-order chi connectivity index (χ0) is 16.1.